The third-order valence-corrected chi connectivity index (χ3v) is 3.03. The molecule has 2 aromatic rings. The molecular formula is C12H16Cl2N4O. The number of hydrogen-bond acceptors (Lipinski definition) is 5. The minimum Gasteiger partial charge on any atom is -0.339 e. The lowest BCUT2D eigenvalue weighted by Crippen LogP contribution is -2.28. The average Bonchev–Trinajstić information content (AvgIpc) is 2.90. The van der Waals surface area contributed by atoms with E-state index in [0.29, 0.717) is 11.7 Å². The van der Waals surface area contributed by atoms with Crippen LogP contribution < -0.4 is 5.32 Å². The molecule has 3 heterocycles. The molecule has 1 aliphatic heterocycles. The fraction of sp³-hybridized carbons (Fsp3) is 0.417. The van der Waals surface area contributed by atoms with Crippen molar-refractivity contribution in [2.24, 2.45) is 0 Å². The topological polar surface area (TPSA) is 63.8 Å². The van der Waals surface area contributed by atoms with Crippen molar-refractivity contribution in [2.75, 3.05) is 13.1 Å². The first kappa shape index (κ1) is 15.9. The van der Waals surface area contributed by atoms with Crippen molar-refractivity contribution in [3.8, 4) is 11.4 Å². The molecule has 7 heteroatoms. The van der Waals surface area contributed by atoms with Crippen molar-refractivity contribution in [1.29, 1.82) is 0 Å². The van der Waals surface area contributed by atoms with Gasteiger partial charge in [0.15, 0.2) is 0 Å². The Morgan fingerprint density at radius 3 is 2.68 bits per heavy atom. The van der Waals surface area contributed by atoms with Crippen LogP contribution in [0, 0.1) is 0 Å². The Bertz CT molecular complexity index is 485. The zero-order valence-corrected chi connectivity index (χ0v) is 11.9. The van der Waals surface area contributed by atoms with E-state index in [2.05, 4.69) is 20.4 Å². The molecule has 0 spiro atoms. The zero-order chi connectivity index (χ0) is 11.5. The molecule has 1 N–H and O–H groups in total. The third-order valence-electron chi connectivity index (χ3n) is 3.03. The molecule has 19 heavy (non-hydrogen) atoms. The number of nitrogens with zero attached hydrogens (tertiary/aromatic N) is 3. The smallest absolute Gasteiger partial charge is 0.231 e. The SMILES string of the molecule is Cl.Cl.c1cc(-c2noc(C3CCCNC3)n2)ccn1. The standard InChI is InChI=1S/C12H14N4O.2ClH/c1-2-10(8-14-5-1)12-15-11(16-17-12)9-3-6-13-7-4-9;;/h3-4,6-7,10,14H,1-2,5,8H2;2*1H. The maximum atomic E-state index is 5.34. The van der Waals surface area contributed by atoms with Gasteiger partial charge in [-0.3, -0.25) is 4.98 Å². The van der Waals surface area contributed by atoms with Gasteiger partial charge in [-0.1, -0.05) is 5.16 Å². The number of pyridine rings is 1. The van der Waals surface area contributed by atoms with E-state index in [1.165, 1.54) is 0 Å². The van der Waals surface area contributed by atoms with Gasteiger partial charge in [0, 0.05) is 24.5 Å². The highest BCUT2D eigenvalue weighted by atomic mass is 35.5. The Kier molecular flexibility index (Phi) is 6.21. The van der Waals surface area contributed by atoms with Crippen LogP contribution >= 0.6 is 24.8 Å². The summed E-state index contributed by atoms with van der Waals surface area (Å²) in [6, 6.07) is 3.77. The van der Waals surface area contributed by atoms with Crippen LogP contribution in [0.1, 0.15) is 24.7 Å². The first-order valence-electron chi connectivity index (χ1n) is 5.88. The Morgan fingerprint density at radius 2 is 2.00 bits per heavy atom. The molecular weight excluding hydrogens is 287 g/mol. The molecule has 1 unspecified atom stereocenters. The lowest BCUT2D eigenvalue weighted by atomic mass is 10.00. The van der Waals surface area contributed by atoms with Gasteiger partial charge in [0.05, 0.1) is 5.92 Å². The van der Waals surface area contributed by atoms with Crippen LogP contribution in [0.2, 0.25) is 0 Å². The van der Waals surface area contributed by atoms with Gasteiger partial charge in [-0.15, -0.1) is 24.8 Å². The monoisotopic (exact) mass is 302 g/mol. The van der Waals surface area contributed by atoms with E-state index >= 15 is 0 Å². The number of nitrogens with one attached hydrogen (secondary N) is 1. The molecule has 0 aromatic carbocycles. The number of aromatic nitrogens is 3. The molecule has 1 fully saturated rings. The van der Waals surface area contributed by atoms with Crippen LogP contribution in [0.3, 0.4) is 0 Å². The number of hydrogen-bond donors (Lipinski definition) is 1. The van der Waals surface area contributed by atoms with Crippen LogP contribution in [-0.4, -0.2) is 28.2 Å². The van der Waals surface area contributed by atoms with E-state index in [4.69, 9.17) is 4.52 Å². The number of piperidine rings is 1. The maximum Gasteiger partial charge on any atom is 0.231 e. The minimum atomic E-state index is 0. The predicted octanol–water partition coefficient (Wildman–Crippen LogP) is 2.44. The molecule has 1 atom stereocenters. The summed E-state index contributed by atoms with van der Waals surface area (Å²) < 4.78 is 5.34. The van der Waals surface area contributed by atoms with E-state index < -0.39 is 0 Å². The van der Waals surface area contributed by atoms with Crippen LogP contribution in [0.25, 0.3) is 11.4 Å². The minimum absolute atomic E-state index is 0. The van der Waals surface area contributed by atoms with Crippen molar-refractivity contribution >= 4 is 24.8 Å². The van der Waals surface area contributed by atoms with Crippen LogP contribution in [0.15, 0.2) is 29.0 Å². The highest BCUT2D eigenvalue weighted by Crippen LogP contribution is 2.23. The van der Waals surface area contributed by atoms with Crippen molar-refractivity contribution in [3.63, 3.8) is 0 Å². The van der Waals surface area contributed by atoms with E-state index in [9.17, 15) is 0 Å². The second-order valence-electron chi connectivity index (χ2n) is 4.24. The van der Waals surface area contributed by atoms with E-state index in [1.807, 2.05) is 12.1 Å². The van der Waals surface area contributed by atoms with Crippen molar-refractivity contribution < 1.29 is 4.52 Å². The van der Waals surface area contributed by atoms with E-state index in [0.717, 1.165) is 37.4 Å². The fourth-order valence-corrected chi connectivity index (χ4v) is 2.08. The van der Waals surface area contributed by atoms with Gasteiger partial charge in [-0.05, 0) is 31.5 Å². The first-order chi connectivity index (χ1) is 8.43. The lowest BCUT2D eigenvalue weighted by Gasteiger charge is -2.18. The molecule has 0 saturated carbocycles. The predicted molar refractivity (Wildman–Crippen MR) is 76.9 cm³/mol. The van der Waals surface area contributed by atoms with Gasteiger partial charge in [0.2, 0.25) is 11.7 Å². The summed E-state index contributed by atoms with van der Waals surface area (Å²) in [5.74, 6) is 1.74. The molecule has 0 bridgehead atoms. The highest BCUT2D eigenvalue weighted by molar-refractivity contribution is 5.85. The summed E-state index contributed by atoms with van der Waals surface area (Å²) in [5.41, 5.74) is 0.943. The third kappa shape index (κ3) is 3.65. The van der Waals surface area contributed by atoms with Crippen LogP contribution in [-0.2, 0) is 0 Å². The van der Waals surface area contributed by atoms with E-state index in [-0.39, 0.29) is 24.8 Å². The average molecular weight is 303 g/mol. The van der Waals surface area contributed by atoms with Crippen LogP contribution in [0.5, 0.6) is 0 Å². The lowest BCUT2D eigenvalue weighted by molar-refractivity contribution is 0.322. The summed E-state index contributed by atoms with van der Waals surface area (Å²) >= 11 is 0. The largest absolute Gasteiger partial charge is 0.339 e. The quantitative estimate of drug-likeness (QED) is 0.923. The molecule has 0 radical (unpaired) electrons. The molecule has 0 amide bonds. The fourth-order valence-electron chi connectivity index (χ4n) is 2.08. The van der Waals surface area contributed by atoms with Crippen molar-refractivity contribution in [2.45, 2.75) is 18.8 Å². The Hall–Kier alpha value is -1.17. The second-order valence-corrected chi connectivity index (χ2v) is 4.24. The summed E-state index contributed by atoms with van der Waals surface area (Å²) in [7, 11) is 0. The molecule has 5 nitrogen and oxygen atoms in total. The number of halogens is 2. The van der Waals surface area contributed by atoms with E-state index in [1.54, 1.807) is 12.4 Å². The maximum absolute atomic E-state index is 5.34. The van der Waals surface area contributed by atoms with Gasteiger partial charge < -0.3 is 9.84 Å². The van der Waals surface area contributed by atoms with Gasteiger partial charge in [0.1, 0.15) is 0 Å². The van der Waals surface area contributed by atoms with Gasteiger partial charge in [0.25, 0.3) is 0 Å². The summed E-state index contributed by atoms with van der Waals surface area (Å²) in [4.78, 5) is 8.43. The van der Waals surface area contributed by atoms with Crippen molar-refractivity contribution in [1.82, 2.24) is 20.4 Å². The molecule has 2 aromatic heterocycles. The summed E-state index contributed by atoms with van der Waals surface area (Å²) in [6.07, 6.45) is 5.74. The normalized spacial score (nSPS) is 18.2. The zero-order valence-electron chi connectivity index (χ0n) is 10.3. The van der Waals surface area contributed by atoms with Gasteiger partial charge in [-0.25, -0.2) is 0 Å². The van der Waals surface area contributed by atoms with Crippen LogP contribution in [0.4, 0.5) is 0 Å². The summed E-state index contributed by atoms with van der Waals surface area (Å²) in [6.45, 7) is 2.01. The Labute approximate surface area is 124 Å². The molecule has 1 saturated heterocycles. The highest BCUT2D eigenvalue weighted by Gasteiger charge is 2.21. The van der Waals surface area contributed by atoms with Crippen molar-refractivity contribution in [3.05, 3.63) is 30.4 Å². The van der Waals surface area contributed by atoms with Gasteiger partial charge >= 0.3 is 0 Å². The molecule has 104 valence electrons. The number of rotatable bonds is 2. The second kappa shape index (κ2) is 7.43. The Balaban J connectivity index is 0.000000902. The molecule has 1 aliphatic rings. The Morgan fingerprint density at radius 1 is 1.21 bits per heavy atom. The summed E-state index contributed by atoms with van der Waals surface area (Å²) in [5, 5.41) is 7.36. The van der Waals surface area contributed by atoms with Gasteiger partial charge in [-0.2, -0.15) is 4.98 Å². The first-order valence-corrected chi connectivity index (χ1v) is 5.88. The molecule has 3 rings (SSSR count). The molecule has 0 aliphatic carbocycles.